The molecule has 1 atom stereocenters. The molecule has 0 saturated heterocycles. The van der Waals surface area contributed by atoms with Crippen LogP contribution in [-0.4, -0.2) is 35.5 Å². The average Bonchev–Trinajstić information content (AvgIpc) is 2.30. The van der Waals surface area contributed by atoms with E-state index in [2.05, 4.69) is 4.74 Å². The van der Waals surface area contributed by atoms with Gasteiger partial charge in [-0.05, 0) is 12.5 Å². The normalized spacial score (nSPS) is 14.0. The van der Waals surface area contributed by atoms with Gasteiger partial charge in [0.05, 0.1) is 25.4 Å². The van der Waals surface area contributed by atoms with Crippen LogP contribution < -0.4 is 0 Å². The number of carboxylic acids is 1. The van der Waals surface area contributed by atoms with Gasteiger partial charge in [0.1, 0.15) is 6.29 Å². The van der Waals surface area contributed by atoms with E-state index in [9.17, 15) is 14.4 Å². The highest BCUT2D eigenvalue weighted by atomic mass is 16.5. The van der Waals surface area contributed by atoms with Crippen molar-refractivity contribution in [2.24, 2.45) is 5.92 Å². The topological polar surface area (TPSA) is 101 Å². The number of allylic oxidation sites excluding steroid dienone is 2. The molecule has 0 rings (SSSR count). The molecule has 6 heteroatoms. The zero-order valence-corrected chi connectivity index (χ0v) is 9.54. The lowest BCUT2D eigenvalue weighted by molar-refractivity contribution is -0.138. The molecule has 0 fully saturated rings. The van der Waals surface area contributed by atoms with Crippen LogP contribution in [0, 0.1) is 5.92 Å². The van der Waals surface area contributed by atoms with Gasteiger partial charge in [-0.2, -0.15) is 0 Å². The van der Waals surface area contributed by atoms with Crippen LogP contribution in [-0.2, 0) is 19.1 Å². The van der Waals surface area contributed by atoms with Crippen LogP contribution in [0.4, 0.5) is 0 Å². The van der Waals surface area contributed by atoms with Crippen LogP contribution >= 0.6 is 0 Å². The molecular formula is C11H14O6. The summed E-state index contributed by atoms with van der Waals surface area (Å²) in [5.41, 5.74) is -0.173. The van der Waals surface area contributed by atoms with Crippen molar-refractivity contribution in [1.82, 2.24) is 0 Å². The van der Waals surface area contributed by atoms with Crippen molar-refractivity contribution in [3.05, 3.63) is 23.5 Å². The smallest absolute Gasteiger partial charge is 0.337 e. The number of methoxy groups -OCH3 is 1. The van der Waals surface area contributed by atoms with Gasteiger partial charge >= 0.3 is 11.9 Å². The third-order valence-electron chi connectivity index (χ3n) is 2.19. The number of aldehydes is 1. The molecule has 0 bridgehead atoms. The van der Waals surface area contributed by atoms with Crippen molar-refractivity contribution in [1.29, 1.82) is 0 Å². The van der Waals surface area contributed by atoms with Crippen LogP contribution in [0.5, 0.6) is 0 Å². The number of aliphatic hydroxyl groups excluding tert-OH is 1. The Bertz CT molecular complexity index is 366. The number of carbonyl (C=O) groups is 3. The Morgan fingerprint density at radius 3 is 2.29 bits per heavy atom. The minimum Gasteiger partial charge on any atom is -0.515 e. The SMILES string of the molecule is C/C=C(/C=O)[C@H](CC(=O)O)/C(=C\O)C(=O)OC. The number of hydrogen-bond acceptors (Lipinski definition) is 5. The second-order valence-corrected chi connectivity index (χ2v) is 3.13. The number of esters is 1. The van der Waals surface area contributed by atoms with Crippen molar-refractivity contribution in [3.63, 3.8) is 0 Å². The summed E-state index contributed by atoms with van der Waals surface area (Å²) < 4.78 is 4.40. The Hall–Kier alpha value is -2.11. The molecule has 0 aromatic heterocycles. The molecule has 0 saturated carbocycles. The molecule has 0 spiro atoms. The molecule has 0 radical (unpaired) electrons. The van der Waals surface area contributed by atoms with Crippen molar-refractivity contribution in [2.75, 3.05) is 7.11 Å². The van der Waals surface area contributed by atoms with E-state index in [0.29, 0.717) is 12.5 Å². The van der Waals surface area contributed by atoms with E-state index in [-0.39, 0.29) is 11.1 Å². The van der Waals surface area contributed by atoms with Gasteiger partial charge in [-0.15, -0.1) is 0 Å². The van der Waals surface area contributed by atoms with E-state index in [0.717, 1.165) is 7.11 Å². The van der Waals surface area contributed by atoms with Gasteiger partial charge in [0.25, 0.3) is 0 Å². The molecule has 94 valence electrons. The van der Waals surface area contributed by atoms with E-state index in [4.69, 9.17) is 10.2 Å². The van der Waals surface area contributed by atoms with Crippen molar-refractivity contribution < 1.29 is 29.3 Å². The lowest BCUT2D eigenvalue weighted by Crippen LogP contribution is -2.20. The molecule has 6 nitrogen and oxygen atoms in total. The number of carbonyl (C=O) groups excluding carboxylic acids is 2. The van der Waals surface area contributed by atoms with E-state index < -0.39 is 24.3 Å². The van der Waals surface area contributed by atoms with Crippen LogP contribution in [0.1, 0.15) is 13.3 Å². The second-order valence-electron chi connectivity index (χ2n) is 3.13. The Labute approximate surface area is 98.2 Å². The van der Waals surface area contributed by atoms with Crippen molar-refractivity contribution >= 4 is 18.2 Å². The third-order valence-corrected chi connectivity index (χ3v) is 2.19. The predicted molar refractivity (Wildman–Crippen MR) is 58.3 cm³/mol. The highest BCUT2D eigenvalue weighted by Gasteiger charge is 2.27. The summed E-state index contributed by atoms with van der Waals surface area (Å²) in [6.45, 7) is 1.53. The fraction of sp³-hybridized carbons (Fsp3) is 0.364. The van der Waals surface area contributed by atoms with Gasteiger partial charge in [-0.1, -0.05) is 6.08 Å². The second kappa shape index (κ2) is 7.21. The van der Waals surface area contributed by atoms with Crippen molar-refractivity contribution in [2.45, 2.75) is 13.3 Å². The number of aliphatic hydroxyl groups is 1. The Morgan fingerprint density at radius 2 is 2.00 bits per heavy atom. The summed E-state index contributed by atoms with van der Waals surface area (Å²) in [5.74, 6) is -3.09. The average molecular weight is 242 g/mol. The van der Waals surface area contributed by atoms with Crippen LogP contribution in [0.3, 0.4) is 0 Å². The lowest BCUT2D eigenvalue weighted by Gasteiger charge is -2.15. The first-order chi connectivity index (χ1) is 8.01. The molecule has 0 aromatic rings. The number of hydrogen-bond donors (Lipinski definition) is 2. The Balaban J connectivity index is 5.36. The van der Waals surface area contributed by atoms with Crippen LogP contribution in [0.2, 0.25) is 0 Å². The lowest BCUT2D eigenvalue weighted by atomic mass is 9.89. The summed E-state index contributed by atoms with van der Waals surface area (Å²) in [6.07, 6.45) is 1.80. The van der Waals surface area contributed by atoms with Gasteiger partial charge in [0.15, 0.2) is 0 Å². The summed E-state index contributed by atoms with van der Waals surface area (Å²) in [5, 5.41) is 17.7. The number of rotatable bonds is 6. The zero-order valence-electron chi connectivity index (χ0n) is 9.54. The molecule has 0 unspecified atom stereocenters. The fourth-order valence-corrected chi connectivity index (χ4v) is 1.34. The maximum absolute atomic E-state index is 11.3. The summed E-state index contributed by atoms with van der Waals surface area (Å²) in [7, 11) is 1.10. The summed E-state index contributed by atoms with van der Waals surface area (Å²) in [4.78, 5) is 32.8. The molecule has 0 aliphatic carbocycles. The van der Waals surface area contributed by atoms with Crippen LogP contribution in [0.15, 0.2) is 23.5 Å². The first kappa shape index (κ1) is 14.9. The van der Waals surface area contributed by atoms with Gasteiger partial charge in [0.2, 0.25) is 0 Å². The number of carboxylic acid groups (broad SMARTS) is 1. The molecular weight excluding hydrogens is 228 g/mol. The molecule has 0 heterocycles. The number of aliphatic carboxylic acids is 1. The molecule has 0 aliphatic heterocycles. The molecule has 0 amide bonds. The highest BCUT2D eigenvalue weighted by Crippen LogP contribution is 2.23. The quantitative estimate of drug-likeness (QED) is 0.310. The monoisotopic (exact) mass is 242 g/mol. The Kier molecular flexibility index (Phi) is 6.32. The first-order valence-corrected chi connectivity index (χ1v) is 4.77. The van der Waals surface area contributed by atoms with Gasteiger partial charge in [0, 0.05) is 5.92 Å². The largest absolute Gasteiger partial charge is 0.515 e. The van der Waals surface area contributed by atoms with Gasteiger partial charge in [-0.3, -0.25) is 9.59 Å². The van der Waals surface area contributed by atoms with Crippen LogP contribution in [0.25, 0.3) is 0 Å². The molecule has 2 N–H and O–H groups in total. The first-order valence-electron chi connectivity index (χ1n) is 4.77. The minimum absolute atomic E-state index is 0.0955. The standard InChI is InChI=1S/C11H14O6/c1-3-7(5-12)8(4-10(14)15)9(6-13)11(16)17-2/h3,5-6,8,13H,4H2,1-2H3,(H,14,15)/b7-3-,9-6+/t8-/m0/s1. The van der Waals surface area contributed by atoms with E-state index in [1.54, 1.807) is 0 Å². The predicted octanol–water partition coefficient (Wildman–Crippen LogP) is 0.837. The summed E-state index contributed by atoms with van der Waals surface area (Å²) in [6, 6.07) is 0. The van der Waals surface area contributed by atoms with E-state index in [1.807, 2.05) is 0 Å². The maximum atomic E-state index is 11.3. The molecule has 0 aliphatic rings. The number of ether oxygens (including phenoxy) is 1. The third kappa shape index (κ3) is 4.10. The minimum atomic E-state index is -1.19. The molecule has 0 aromatic carbocycles. The Morgan fingerprint density at radius 1 is 1.41 bits per heavy atom. The van der Waals surface area contributed by atoms with Gasteiger partial charge < -0.3 is 14.9 Å². The maximum Gasteiger partial charge on any atom is 0.337 e. The van der Waals surface area contributed by atoms with Crippen molar-refractivity contribution in [3.8, 4) is 0 Å². The van der Waals surface area contributed by atoms with E-state index in [1.165, 1.54) is 13.0 Å². The van der Waals surface area contributed by atoms with E-state index >= 15 is 0 Å². The van der Waals surface area contributed by atoms with Gasteiger partial charge in [-0.25, -0.2) is 4.79 Å². The summed E-state index contributed by atoms with van der Waals surface area (Å²) >= 11 is 0. The zero-order chi connectivity index (χ0) is 13.4. The fourth-order valence-electron chi connectivity index (χ4n) is 1.34. The highest BCUT2D eigenvalue weighted by molar-refractivity contribution is 5.92. The molecule has 17 heavy (non-hydrogen) atoms.